The number of carbonyl (C=O) groups is 1. The summed E-state index contributed by atoms with van der Waals surface area (Å²) < 4.78 is 21.8. The number of rotatable bonds is 8. The SMILES string of the molecule is COc1ccc(-c2coc3cc(OCC(=O)NCc4ccncc4)ccc3c2=O)cc1OC. The Morgan fingerprint density at radius 3 is 2.55 bits per heavy atom. The van der Waals surface area contributed by atoms with Gasteiger partial charge in [0, 0.05) is 25.0 Å². The molecule has 1 N–H and O–H groups in total. The number of pyridine rings is 1. The highest BCUT2D eigenvalue weighted by molar-refractivity contribution is 5.83. The maximum absolute atomic E-state index is 13.0. The van der Waals surface area contributed by atoms with E-state index in [2.05, 4.69) is 10.3 Å². The smallest absolute Gasteiger partial charge is 0.258 e. The molecule has 0 atom stereocenters. The van der Waals surface area contributed by atoms with Gasteiger partial charge in [0.25, 0.3) is 5.91 Å². The molecule has 1 amide bonds. The van der Waals surface area contributed by atoms with Gasteiger partial charge < -0.3 is 23.9 Å². The number of aromatic nitrogens is 1. The quantitative estimate of drug-likeness (QED) is 0.442. The molecule has 0 bridgehead atoms. The van der Waals surface area contributed by atoms with Crippen molar-refractivity contribution in [3.63, 3.8) is 0 Å². The fourth-order valence-electron chi connectivity index (χ4n) is 3.30. The van der Waals surface area contributed by atoms with E-state index in [0.717, 1.165) is 5.56 Å². The first-order chi connectivity index (χ1) is 16.1. The van der Waals surface area contributed by atoms with Gasteiger partial charge in [-0.1, -0.05) is 6.07 Å². The fraction of sp³-hybridized carbons (Fsp3) is 0.160. The molecular formula is C25H22N2O6. The van der Waals surface area contributed by atoms with Gasteiger partial charge in [-0.15, -0.1) is 0 Å². The highest BCUT2D eigenvalue weighted by Crippen LogP contribution is 2.32. The Morgan fingerprint density at radius 1 is 1.00 bits per heavy atom. The third-order valence-electron chi connectivity index (χ3n) is 5.05. The molecule has 0 spiro atoms. The number of nitrogens with one attached hydrogen (secondary N) is 1. The average molecular weight is 446 g/mol. The number of methoxy groups -OCH3 is 2. The van der Waals surface area contributed by atoms with Gasteiger partial charge in [-0.05, 0) is 47.5 Å². The van der Waals surface area contributed by atoms with Crippen molar-refractivity contribution in [2.75, 3.05) is 20.8 Å². The van der Waals surface area contributed by atoms with Gasteiger partial charge >= 0.3 is 0 Å². The molecule has 0 aliphatic heterocycles. The molecule has 0 saturated heterocycles. The molecule has 2 heterocycles. The van der Waals surface area contributed by atoms with Crippen molar-refractivity contribution in [2.24, 2.45) is 0 Å². The molecule has 2 aromatic heterocycles. The van der Waals surface area contributed by atoms with Crippen molar-refractivity contribution in [2.45, 2.75) is 6.54 Å². The minimum atomic E-state index is -0.267. The van der Waals surface area contributed by atoms with Gasteiger partial charge in [0.15, 0.2) is 23.5 Å². The summed E-state index contributed by atoms with van der Waals surface area (Å²) in [6.45, 7) is 0.223. The Morgan fingerprint density at radius 2 is 1.79 bits per heavy atom. The molecule has 8 nitrogen and oxygen atoms in total. The van der Waals surface area contributed by atoms with Gasteiger partial charge in [0.1, 0.15) is 17.6 Å². The van der Waals surface area contributed by atoms with Crippen molar-refractivity contribution in [3.8, 4) is 28.4 Å². The summed E-state index contributed by atoms with van der Waals surface area (Å²) in [5.74, 6) is 1.24. The first kappa shape index (κ1) is 21.9. The topological polar surface area (TPSA) is 99.9 Å². The molecule has 168 valence electrons. The van der Waals surface area contributed by atoms with Crippen LogP contribution in [0.4, 0.5) is 0 Å². The molecule has 4 rings (SSSR count). The molecule has 0 saturated carbocycles. The zero-order chi connectivity index (χ0) is 23.2. The number of carbonyl (C=O) groups excluding carboxylic acids is 1. The summed E-state index contributed by atoms with van der Waals surface area (Å²) in [6, 6.07) is 13.7. The molecule has 33 heavy (non-hydrogen) atoms. The third-order valence-corrected chi connectivity index (χ3v) is 5.05. The van der Waals surface area contributed by atoms with Crippen LogP contribution in [0.15, 0.2) is 76.4 Å². The van der Waals surface area contributed by atoms with Crippen LogP contribution in [-0.2, 0) is 11.3 Å². The predicted octanol–water partition coefficient (Wildman–Crippen LogP) is 3.57. The molecule has 0 aliphatic rings. The van der Waals surface area contributed by atoms with Crippen LogP contribution in [-0.4, -0.2) is 31.7 Å². The van der Waals surface area contributed by atoms with E-state index < -0.39 is 0 Å². The first-order valence-corrected chi connectivity index (χ1v) is 10.2. The number of nitrogens with zero attached hydrogens (tertiary/aromatic N) is 1. The number of hydrogen-bond donors (Lipinski definition) is 1. The lowest BCUT2D eigenvalue weighted by Crippen LogP contribution is -2.28. The Balaban J connectivity index is 1.48. The van der Waals surface area contributed by atoms with Gasteiger partial charge in [0.05, 0.1) is 25.2 Å². The highest BCUT2D eigenvalue weighted by atomic mass is 16.5. The van der Waals surface area contributed by atoms with E-state index in [9.17, 15) is 9.59 Å². The molecule has 4 aromatic rings. The number of ether oxygens (including phenoxy) is 3. The zero-order valence-electron chi connectivity index (χ0n) is 18.2. The predicted molar refractivity (Wildman–Crippen MR) is 123 cm³/mol. The third kappa shape index (κ3) is 4.95. The van der Waals surface area contributed by atoms with Crippen molar-refractivity contribution >= 4 is 16.9 Å². The van der Waals surface area contributed by atoms with E-state index in [4.69, 9.17) is 18.6 Å². The van der Waals surface area contributed by atoms with Gasteiger partial charge in [-0.3, -0.25) is 14.6 Å². The minimum absolute atomic E-state index is 0.162. The molecule has 0 aliphatic carbocycles. The molecule has 0 fully saturated rings. The summed E-state index contributed by atoms with van der Waals surface area (Å²) in [5, 5.41) is 3.17. The van der Waals surface area contributed by atoms with E-state index in [1.165, 1.54) is 13.4 Å². The average Bonchev–Trinajstić information content (AvgIpc) is 2.86. The fourth-order valence-corrected chi connectivity index (χ4v) is 3.30. The lowest BCUT2D eigenvalue weighted by atomic mass is 10.0. The second kappa shape index (κ2) is 9.86. The maximum atomic E-state index is 13.0. The van der Waals surface area contributed by atoms with E-state index in [0.29, 0.717) is 45.9 Å². The molecular weight excluding hydrogens is 424 g/mol. The van der Waals surface area contributed by atoms with Crippen LogP contribution in [0.3, 0.4) is 0 Å². The van der Waals surface area contributed by atoms with E-state index in [1.54, 1.807) is 55.9 Å². The summed E-state index contributed by atoms with van der Waals surface area (Å²) in [5.41, 5.74) is 2.15. The first-order valence-electron chi connectivity index (χ1n) is 10.2. The van der Waals surface area contributed by atoms with Crippen LogP contribution in [0.1, 0.15) is 5.56 Å². The molecule has 0 radical (unpaired) electrons. The Hall–Kier alpha value is -4.33. The Kier molecular flexibility index (Phi) is 6.54. The monoisotopic (exact) mass is 446 g/mol. The van der Waals surface area contributed by atoms with Crippen LogP contribution < -0.4 is 25.0 Å². The number of hydrogen-bond acceptors (Lipinski definition) is 7. The largest absolute Gasteiger partial charge is 0.493 e. The summed E-state index contributed by atoms with van der Waals surface area (Å²) >= 11 is 0. The summed E-state index contributed by atoms with van der Waals surface area (Å²) in [6.07, 6.45) is 4.73. The van der Waals surface area contributed by atoms with E-state index >= 15 is 0 Å². The van der Waals surface area contributed by atoms with Gasteiger partial charge in [-0.25, -0.2) is 0 Å². The van der Waals surface area contributed by atoms with Crippen molar-refractivity contribution in [1.82, 2.24) is 10.3 Å². The van der Waals surface area contributed by atoms with Crippen molar-refractivity contribution < 1.29 is 23.4 Å². The highest BCUT2D eigenvalue weighted by Gasteiger charge is 2.13. The Labute approximate surface area is 189 Å². The second-order valence-corrected chi connectivity index (χ2v) is 7.13. The molecule has 8 heteroatoms. The van der Waals surface area contributed by atoms with Gasteiger partial charge in [-0.2, -0.15) is 0 Å². The van der Waals surface area contributed by atoms with Crippen LogP contribution in [0.5, 0.6) is 17.2 Å². The lowest BCUT2D eigenvalue weighted by molar-refractivity contribution is -0.123. The summed E-state index contributed by atoms with van der Waals surface area (Å²) in [7, 11) is 3.08. The van der Waals surface area contributed by atoms with Crippen molar-refractivity contribution in [1.29, 1.82) is 0 Å². The molecule has 2 aromatic carbocycles. The summed E-state index contributed by atoms with van der Waals surface area (Å²) in [4.78, 5) is 29.0. The van der Waals surface area contributed by atoms with Gasteiger partial charge in [0.2, 0.25) is 0 Å². The zero-order valence-corrected chi connectivity index (χ0v) is 18.2. The maximum Gasteiger partial charge on any atom is 0.258 e. The Bertz CT molecular complexity index is 1330. The number of benzene rings is 2. The molecule has 0 unspecified atom stereocenters. The van der Waals surface area contributed by atoms with Crippen LogP contribution in [0.2, 0.25) is 0 Å². The standard InChI is InChI=1S/C25H22N2O6/c1-30-21-6-3-17(11-23(21)31-2)20-14-33-22-12-18(4-5-19(22)25(20)29)32-15-24(28)27-13-16-7-9-26-10-8-16/h3-12,14H,13,15H2,1-2H3,(H,27,28). The number of amides is 1. The lowest BCUT2D eigenvalue weighted by Gasteiger charge is -2.10. The number of fused-ring (bicyclic) bond motifs is 1. The second-order valence-electron chi connectivity index (χ2n) is 7.13. The van der Waals surface area contributed by atoms with E-state index in [-0.39, 0.29) is 17.9 Å². The van der Waals surface area contributed by atoms with E-state index in [1.807, 2.05) is 12.1 Å². The van der Waals surface area contributed by atoms with Crippen LogP contribution >= 0.6 is 0 Å². The normalized spacial score (nSPS) is 10.6. The van der Waals surface area contributed by atoms with Crippen LogP contribution in [0.25, 0.3) is 22.1 Å². The van der Waals surface area contributed by atoms with Crippen LogP contribution in [0, 0.1) is 0 Å². The van der Waals surface area contributed by atoms with Crippen molar-refractivity contribution in [3.05, 3.63) is 83.0 Å². The minimum Gasteiger partial charge on any atom is -0.493 e.